The Hall–Kier alpha value is -2.20. The summed E-state index contributed by atoms with van der Waals surface area (Å²) in [6, 6.07) is 5.49. The molecular weight excluding hydrogens is 392 g/mol. The Balaban J connectivity index is 1.48. The summed E-state index contributed by atoms with van der Waals surface area (Å²) in [7, 11) is 1.47. The molecule has 4 rings (SSSR count). The number of nitrogens with one attached hydrogen (secondary N) is 1. The van der Waals surface area contributed by atoms with Crippen molar-refractivity contribution < 1.29 is 33.6 Å². The van der Waals surface area contributed by atoms with Crippen LogP contribution in [-0.2, 0) is 23.8 Å². The summed E-state index contributed by atoms with van der Waals surface area (Å²) < 4.78 is 22.3. The molecule has 1 aromatic rings. The Morgan fingerprint density at radius 3 is 2.83 bits per heavy atom. The number of carbonyl (C=O) groups excluding carboxylic acids is 2. The van der Waals surface area contributed by atoms with Crippen LogP contribution in [0.25, 0.3) is 0 Å². The highest BCUT2D eigenvalue weighted by molar-refractivity contribution is 5.92. The third-order valence-corrected chi connectivity index (χ3v) is 5.82. The Morgan fingerprint density at radius 2 is 2.10 bits per heavy atom. The maximum absolute atomic E-state index is 12.7. The molecule has 2 amide bonds. The van der Waals surface area contributed by atoms with Crippen molar-refractivity contribution in [2.75, 3.05) is 51.9 Å². The van der Waals surface area contributed by atoms with E-state index in [4.69, 9.17) is 18.9 Å². The minimum Gasteiger partial charge on any atom is -0.487 e. The number of rotatable bonds is 6. The first-order valence-electron chi connectivity index (χ1n) is 10.3. The summed E-state index contributed by atoms with van der Waals surface area (Å²) in [4.78, 5) is 26.3. The fourth-order valence-electron chi connectivity index (χ4n) is 4.43. The number of hydrogen-bond acceptors (Lipinski definition) is 7. The van der Waals surface area contributed by atoms with Crippen LogP contribution in [0.5, 0.6) is 5.75 Å². The van der Waals surface area contributed by atoms with Gasteiger partial charge in [0.25, 0.3) is 0 Å². The van der Waals surface area contributed by atoms with Crippen molar-refractivity contribution in [3.8, 4) is 5.75 Å². The van der Waals surface area contributed by atoms with Crippen molar-refractivity contribution in [1.29, 1.82) is 0 Å². The lowest BCUT2D eigenvalue weighted by Crippen LogP contribution is -2.48. The zero-order valence-electron chi connectivity index (χ0n) is 17.0. The van der Waals surface area contributed by atoms with Gasteiger partial charge in [0.15, 0.2) is 0 Å². The molecule has 0 unspecified atom stereocenters. The fraction of sp³-hybridized carbons (Fsp3) is 0.619. The van der Waals surface area contributed by atoms with E-state index >= 15 is 0 Å². The van der Waals surface area contributed by atoms with E-state index in [9.17, 15) is 14.7 Å². The van der Waals surface area contributed by atoms with E-state index in [0.717, 1.165) is 11.3 Å². The minimum absolute atomic E-state index is 0.0207. The summed E-state index contributed by atoms with van der Waals surface area (Å²) >= 11 is 0. The Kier molecular flexibility index (Phi) is 6.52. The van der Waals surface area contributed by atoms with E-state index in [1.165, 1.54) is 7.11 Å². The van der Waals surface area contributed by atoms with Crippen LogP contribution in [0.1, 0.15) is 24.3 Å². The van der Waals surface area contributed by atoms with Gasteiger partial charge in [0.05, 0.1) is 32.3 Å². The molecule has 0 saturated carbocycles. The van der Waals surface area contributed by atoms with Crippen LogP contribution in [0.15, 0.2) is 18.2 Å². The minimum atomic E-state index is -0.509. The quantitative estimate of drug-likeness (QED) is 0.691. The van der Waals surface area contributed by atoms with Gasteiger partial charge in [0, 0.05) is 37.4 Å². The molecule has 0 radical (unpaired) electrons. The third kappa shape index (κ3) is 4.44. The number of aliphatic hydroxyl groups is 1. The Morgan fingerprint density at radius 1 is 1.30 bits per heavy atom. The molecule has 164 valence electrons. The average molecular weight is 420 g/mol. The van der Waals surface area contributed by atoms with Crippen LogP contribution in [0.2, 0.25) is 0 Å². The summed E-state index contributed by atoms with van der Waals surface area (Å²) in [5, 5.41) is 12.7. The average Bonchev–Trinajstić information content (AvgIpc) is 3.12. The molecule has 9 nitrogen and oxygen atoms in total. The number of morpholine rings is 1. The van der Waals surface area contributed by atoms with Gasteiger partial charge in [0.1, 0.15) is 24.6 Å². The molecule has 0 bridgehead atoms. The van der Waals surface area contributed by atoms with E-state index in [2.05, 4.69) is 5.32 Å². The van der Waals surface area contributed by atoms with Crippen LogP contribution in [0, 0.1) is 0 Å². The molecule has 30 heavy (non-hydrogen) atoms. The molecule has 3 aliphatic heterocycles. The van der Waals surface area contributed by atoms with Crippen molar-refractivity contribution in [2.45, 2.75) is 37.1 Å². The summed E-state index contributed by atoms with van der Waals surface area (Å²) in [5.41, 5.74) is 1.62. The van der Waals surface area contributed by atoms with E-state index < -0.39 is 6.10 Å². The smallest absolute Gasteiger partial charge is 0.250 e. The molecule has 1 aromatic carbocycles. The van der Waals surface area contributed by atoms with Crippen molar-refractivity contribution in [3.63, 3.8) is 0 Å². The van der Waals surface area contributed by atoms with Crippen molar-refractivity contribution in [3.05, 3.63) is 23.8 Å². The lowest BCUT2D eigenvalue weighted by atomic mass is 9.84. The van der Waals surface area contributed by atoms with Gasteiger partial charge in [-0.2, -0.15) is 0 Å². The first-order chi connectivity index (χ1) is 14.6. The Bertz CT molecular complexity index is 781. The number of ether oxygens (including phenoxy) is 4. The molecule has 2 N–H and O–H groups in total. The summed E-state index contributed by atoms with van der Waals surface area (Å²) in [6.45, 7) is 2.09. The lowest BCUT2D eigenvalue weighted by Gasteiger charge is -2.38. The van der Waals surface area contributed by atoms with Crippen LogP contribution in [-0.4, -0.2) is 86.8 Å². The van der Waals surface area contributed by atoms with Gasteiger partial charge in [-0.3, -0.25) is 9.59 Å². The first-order valence-corrected chi connectivity index (χ1v) is 10.3. The normalized spacial score (nSPS) is 27.7. The molecule has 4 atom stereocenters. The number of nitrogens with zero attached hydrogens (tertiary/aromatic N) is 1. The van der Waals surface area contributed by atoms with E-state index in [1.54, 1.807) is 11.0 Å². The molecule has 2 fully saturated rings. The summed E-state index contributed by atoms with van der Waals surface area (Å²) in [6.07, 6.45) is -0.256. The molecular formula is C21H28N2O7. The number of amides is 2. The second-order valence-corrected chi connectivity index (χ2v) is 7.83. The second kappa shape index (κ2) is 9.30. The second-order valence-electron chi connectivity index (χ2n) is 7.83. The molecule has 0 aliphatic carbocycles. The molecule has 3 heterocycles. The number of hydrogen-bond donors (Lipinski definition) is 2. The highest BCUT2D eigenvalue weighted by Gasteiger charge is 2.46. The third-order valence-electron chi connectivity index (χ3n) is 5.82. The largest absolute Gasteiger partial charge is 0.487 e. The molecule has 3 aliphatic rings. The van der Waals surface area contributed by atoms with Gasteiger partial charge in [-0.15, -0.1) is 0 Å². The van der Waals surface area contributed by atoms with E-state index in [1.807, 2.05) is 12.1 Å². The zero-order chi connectivity index (χ0) is 21.1. The van der Waals surface area contributed by atoms with Gasteiger partial charge >= 0.3 is 0 Å². The van der Waals surface area contributed by atoms with E-state index in [0.29, 0.717) is 38.4 Å². The van der Waals surface area contributed by atoms with Crippen molar-refractivity contribution in [2.24, 2.45) is 0 Å². The Labute approximate surface area is 175 Å². The highest BCUT2D eigenvalue weighted by Crippen LogP contribution is 2.47. The maximum atomic E-state index is 12.7. The van der Waals surface area contributed by atoms with Crippen LogP contribution >= 0.6 is 0 Å². The highest BCUT2D eigenvalue weighted by atomic mass is 16.6. The molecule has 0 aromatic heterocycles. The number of aliphatic hydroxyl groups excluding tert-OH is 1. The van der Waals surface area contributed by atoms with Gasteiger partial charge in [-0.1, -0.05) is 0 Å². The maximum Gasteiger partial charge on any atom is 0.250 e. The molecule has 0 spiro atoms. The van der Waals surface area contributed by atoms with E-state index in [-0.39, 0.29) is 49.6 Å². The monoisotopic (exact) mass is 420 g/mol. The number of anilines is 1. The first kappa shape index (κ1) is 21.0. The lowest BCUT2D eigenvalue weighted by molar-refractivity contribution is -0.151. The number of methoxy groups -OCH3 is 1. The molecule has 9 heteroatoms. The van der Waals surface area contributed by atoms with Gasteiger partial charge in [-0.05, 0) is 24.6 Å². The number of fused-ring (bicyclic) bond motifs is 3. The van der Waals surface area contributed by atoms with Gasteiger partial charge < -0.3 is 34.3 Å². The molecule has 2 saturated heterocycles. The van der Waals surface area contributed by atoms with Crippen LogP contribution in [0.3, 0.4) is 0 Å². The predicted molar refractivity (Wildman–Crippen MR) is 106 cm³/mol. The van der Waals surface area contributed by atoms with Crippen molar-refractivity contribution >= 4 is 17.5 Å². The van der Waals surface area contributed by atoms with Crippen LogP contribution in [0.4, 0.5) is 5.69 Å². The fourth-order valence-corrected chi connectivity index (χ4v) is 4.43. The number of benzene rings is 1. The van der Waals surface area contributed by atoms with Gasteiger partial charge in [-0.25, -0.2) is 0 Å². The number of carbonyl (C=O) groups is 2. The predicted octanol–water partition coefficient (Wildman–Crippen LogP) is 0.515. The summed E-state index contributed by atoms with van der Waals surface area (Å²) in [5.74, 6) is 0.505. The van der Waals surface area contributed by atoms with Gasteiger partial charge in [0.2, 0.25) is 11.8 Å². The zero-order valence-corrected chi connectivity index (χ0v) is 17.0. The van der Waals surface area contributed by atoms with Crippen molar-refractivity contribution in [1.82, 2.24) is 4.90 Å². The topological polar surface area (TPSA) is 107 Å². The van der Waals surface area contributed by atoms with Crippen LogP contribution < -0.4 is 10.1 Å². The SMILES string of the molecule is COCC(=O)Nc1ccc2c(c1)[C@@H]1C[C@H](CC(=O)N3CCOCC3)O[C@H](CO)[C@@H]1O2. The standard InChI is InChI=1S/C21H28N2O7/c1-27-12-19(25)22-13-2-3-17-15(8-13)16-9-14(29-18(11-24)21(16)30-17)10-20(26)23-4-6-28-7-5-23/h2-3,8,14,16,18,21,24H,4-7,9-12H2,1H3,(H,22,25)/t14-,16+,18-,21-/m1/s1.